The van der Waals surface area contributed by atoms with Gasteiger partial charge in [0.25, 0.3) is 0 Å². The maximum absolute atomic E-state index is 13.5. The molecule has 0 aliphatic carbocycles. The van der Waals surface area contributed by atoms with Crippen LogP contribution in [0.1, 0.15) is 29.7 Å². The largest absolute Gasteiger partial charge is 0.609 e. The molecule has 3 aromatic rings. The van der Waals surface area contributed by atoms with Crippen LogP contribution in [0, 0.1) is 13.8 Å². The number of aromatic nitrogens is 4. The van der Waals surface area contributed by atoms with Crippen LogP contribution in [-0.4, -0.2) is 73.9 Å². The van der Waals surface area contributed by atoms with Crippen molar-refractivity contribution in [3.05, 3.63) is 35.2 Å². The number of rotatable bonds is 9. The third-order valence-electron chi connectivity index (χ3n) is 5.28. The molecule has 0 saturated heterocycles. The molecule has 34 heavy (non-hydrogen) atoms. The van der Waals surface area contributed by atoms with Gasteiger partial charge in [0, 0.05) is 54.6 Å². The molecule has 11 nitrogen and oxygen atoms in total. The number of carbonyl (C=O) groups is 2. The van der Waals surface area contributed by atoms with Crippen LogP contribution < -0.4 is 9.47 Å². The first-order valence-corrected chi connectivity index (χ1v) is 11.8. The molecule has 0 aromatic carbocycles. The number of amides is 1. The van der Waals surface area contributed by atoms with Gasteiger partial charge in [-0.3, -0.25) is 9.78 Å². The van der Waals surface area contributed by atoms with Gasteiger partial charge in [0.15, 0.2) is 11.4 Å². The molecule has 1 N–H and O–H groups in total. The number of ether oxygens (including phenoxy) is 2. The molecule has 1 atom stereocenters. The number of hydrogen-bond donors (Lipinski definition) is 1. The molecular weight excluding hydrogens is 462 g/mol. The summed E-state index contributed by atoms with van der Waals surface area (Å²) in [5.74, 6) is 0.00150. The number of methoxy groups -OCH3 is 2. The summed E-state index contributed by atoms with van der Waals surface area (Å²) in [5.41, 5.74) is 2.75. The summed E-state index contributed by atoms with van der Waals surface area (Å²) >= 11 is -1.75. The van der Waals surface area contributed by atoms with Crippen molar-refractivity contribution in [2.45, 2.75) is 37.6 Å². The summed E-state index contributed by atoms with van der Waals surface area (Å²) in [4.78, 5) is 38.7. The average molecular weight is 490 g/mol. The van der Waals surface area contributed by atoms with Crippen molar-refractivity contribution in [2.24, 2.45) is 0 Å². The number of imidazole rings is 1. The zero-order valence-electron chi connectivity index (χ0n) is 19.7. The van der Waals surface area contributed by atoms with Gasteiger partial charge >= 0.3 is 17.2 Å². The van der Waals surface area contributed by atoms with Gasteiger partial charge in [-0.2, -0.15) is 14.5 Å². The number of fused-ring (bicyclic) bond motifs is 1. The van der Waals surface area contributed by atoms with Crippen LogP contribution >= 0.6 is 0 Å². The minimum absolute atomic E-state index is 0.0128. The van der Waals surface area contributed by atoms with E-state index < -0.39 is 23.2 Å². The third-order valence-corrected chi connectivity index (χ3v) is 6.50. The van der Waals surface area contributed by atoms with Gasteiger partial charge in [0.2, 0.25) is 5.88 Å². The molecule has 0 bridgehead atoms. The zero-order chi connectivity index (χ0) is 25.0. The van der Waals surface area contributed by atoms with Crippen LogP contribution in [0.3, 0.4) is 0 Å². The topological polar surface area (TPSA) is 143 Å². The molecule has 1 amide bonds. The van der Waals surface area contributed by atoms with Crippen molar-refractivity contribution in [3.8, 4) is 11.6 Å². The number of pyridine rings is 2. The van der Waals surface area contributed by atoms with E-state index in [0.717, 1.165) is 11.1 Å². The van der Waals surface area contributed by atoms with E-state index >= 15 is 0 Å². The molecule has 0 radical (unpaired) electrons. The second-order valence-electron chi connectivity index (χ2n) is 7.66. The van der Waals surface area contributed by atoms with E-state index in [9.17, 15) is 14.1 Å². The molecule has 0 fully saturated rings. The Kier molecular flexibility index (Phi) is 7.94. The lowest BCUT2D eigenvalue weighted by molar-refractivity contribution is -0.137. The molecule has 0 aliphatic rings. The highest BCUT2D eigenvalue weighted by molar-refractivity contribution is 7.90. The summed E-state index contributed by atoms with van der Waals surface area (Å²) in [7, 11) is 4.56. The average Bonchev–Trinajstić information content (AvgIpc) is 3.19. The first-order chi connectivity index (χ1) is 16.2. The van der Waals surface area contributed by atoms with E-state index in [-0.39, 0.29) is 41.8 Å². The van der Waals surface area contributed by atoms with Gasteiger partial charge in [-0.25, -0.2) is 4.79 Å². The Bertz CT molecular complexity index is 1210. The predicted molar refractivity (Wildman–Crippen MR) is 125 cm³/mol. The van der Waals surface area contributed by atoms with Gasteiger partial charge in [0.05, 0.1) is 19.9 Å². The van der Waals surface area contributed by atoms with Gasteiger partial charge in [-0.1, -0.05) is 0 Å². The van der Waals surface area contributed by atoms with E-state index in [1.807, 2.05) is 13.8 Å². The molecule has 1 unspecified atom stereocenters. The van der Waals surface area contributed by atoms with E-state index in [4.69, 9.17) is 14.6 Å². The summed E-state index contributed by atoms with van der Waals surface area (Å²) < 4.78 is 25.3. The number of aryl methyl sites for hydroxylation is 1. The first-order valence-electron chi connectivity index (χ1n) is 10.5. The van der Waals surface area contributed by atoms with Gasteiger partial charge < -0.3 is 24.0 Å². The molecule has 0 saturated carbocycles. The summed E-state index contributed by atoms with van der Waals surface area (Å²) in [6, 6.07) is 2.71. The number of carboxylic acids is 1. The molecule has 0 aliphatic heterocycles. The molecule has 182 valence electrons. The maximum Gasteiger partial charge on any atom is 0.334 e. The Morgan fingerprint density at radius 2 is 1.94 bits per heavy atom. The fourth-order valence-corrected chi connectivity index (χ4v) is 4.73. The van der Waals surface area contributed by atoms with Crippen molar-refractivity contribution >= 4 is 34.3 Å². The highest BCUT2D eigenvalue weighted by atomic mass is 32.2. The Hall–Kier alpha value is -3.38. The lowest BCUT2D eigenvalue weighted by Crippen LogP contribution is -2.34. The highest BCUT2D eigenvalue weighted by Gasteiger charge is 2.30. The Morgan fingerprint density at radius 1 is 1.21 bits per heavy atom. The zero-order valence-corrected chi connectivity index (χ0v) is 20.5. The third kappa shape index (κ3) is 5.23. The lowest BCUT2D eigenvalue weighted by Gasteiger charge is -2.19. The molecule has 3 heterocycles. The van der Waals surface area contributed by atoms with Crippen LogP contribution in [0.5, 0.6) is 11.6 Å². The molecule has 3 aromatic heterocycles. The first kappa shape index (κ1) is 25.2. The second-order valence-corrected chi connectivity index (χ2v) is 9.01. The van der Waals surface area contributed by atoms with Gasteiger partial charge in [0.1, 0.15) is 11.3 Å². The Morgan fingerprint density at radius 3 is 2.59 bits per heavy atom. The Balaban J connectivity index is 2.01. The minimum Gasteiger partial charge on any atom is -0.609 e. The fourth-order valence-electron chi connectivity index (χ4n) is 3.50. The van der Waals surface area contributed by atoms with E-state index in [2.05, 4.69) is 15.0 Å². The molecule has 3 rings (SSSR count). The van der Waals surface area contributed by atoms with Crippen molar-refractivity contribution in [2.75, 3.05) is 27.8 Å². The smallest absolute Gasteiger partial charge is 0.334 e. The number of nitrogens with zero attached hydrogens (tertiary/aromatic N) is 5. The summed E-state index contributed by atoms with van der Waals surface area (Å²) in [6.45, 7) is 3.90. The minimum atomic E-state index is -1.75. The number of aliphatic carboxylic acids is 1. The standard InChI is InChI=1S/C22H27N5O6S/c1-13-11-23-16(14(2)19(13)33-5)12-34(31)21-24-15-8-9-17(32-4)25-20(15)27(21)22(30)26(3)10-6-7-18(28)29/h8-9,11H,6-7,10,12H2,1-5H3,(H,28,29). The van der Waals surface area contributed by atoms with Gasteiger partial charge in [-0.05, 0) is 26.3 Å². The van der Waals surface area contributed by atoms with Crippen LogP contribution in [0.4, 0.5) is 4.79 Å². The SMILES string of the molecule is COc1ccc2nc([S+]([O-])Cc3ncc(C)c(OC)c3C)n(C(=O)N(C)CCCC(=O)O)c2n1. The lowest BCUT2D eigenvalue weighted by atomic mass is 10.1. The van der Waals surface area contributed by atoms with Crippen LogP contribution in [0.2, 0.25) is 0 Å². The highest BCUT2D eigenvalue weighted by Crippen LogP contribution is 2.28. The number of carboxylic acid groups (broad SMARTS) is 1. The molecular formula is C22H27N5O6S. The predicted octanol–water partition coefficient (Wildman–Crippen LogP) is 2.53. The monoisotopic (exact) mass is 489 g/mol. The normalized spacial score (nSPS) is 11.9. The fraction of sp³-hybridized carbons (Fsp3) is 0.409. The maximum atomic E-state index is 13.5. The van der Waals surface area contributed by atoms with Crippen LogP contribution in [0.15, 0.2) is 23.5 Å². The second kappa shape index (κ2) is 10.7. The van der Waals surface area contributed by atoms with E-state index in [0.29, 0.717) is 17.0 Å². The summed E-state index contributed by atoms with van der Waals surface area (Å²) in [5, 5.41) is 8.90. The van der Waals surface area contributed by atoms with Crippen molar-refractivity contribution < 1.29 is 28.7 Å². The van der Waals surface area contributed by atoms with Gasteiger partial charge in [-0.15, -0.1) is 0 Å². The summed E-state index contributed by atoms with van der Waals surface area (Å²) in [6.07, 6.45) is 1.84. The van der Waals surface area contributed by atoms with E-state index in [1.165, 1.54) is 16.6 Å². The van der Waals surface area contributed by atoms with Crippen molar-refractivity contribution in [1.29, 1.82) is 0 Å². The van der Waals surface area contributed by atoms with Crippen LogP contribution in [0.25, 0.3) is 11.2 Å². The molecule has 0 spiro atoms. The number of carbonyl (C=O) groups excluding carboxylic acids is 1. The Labute approximate surface area is 199 Å². The van der Waals surface area contributed by atoms with Crippen LogP contribution in [-0.2, 0) is 21.7 Å². The number of hydrogen-bond acceptors (Lipinski definition) is 8. The quantitative estimate of drug-likeness (QED) is 0.448. The molecule has 12 heteroatoms. The van der Waals surface area contributed by atoms with E-state index in [1.54, 1.807) is 32.5 Å². The van der Waals surface area contributed by atoms with Crippen molar-refractivity contribution in [1.82, 2.24) is 24.4 Å². The van der Waals surface area contributed by atoms with Crippen molar-refractivity contribution in [3.63, 3.8) is 0 Å².